The molecule has 0 aliphatic heterocycles. The predicted octanol–water partition coefficient (Wildman–Crippen LogP) is 6.62. The monoisotopic (exact) mass is 445 g/mol. The molecule has 0 N–H and O–H groups in total. The van der Waals surface area contributed by atoms with Gasteiger partial charge in [-0.05, 0) is 54.5 Å². The Bertz CT molecular complexity index is 1160. The lowest BCUT2D eigenvalue weighted by atomic mass is 9.93. The summed E-state index contributed by atoms with van der Waals surface area (Å²) in [7, 11) is 1.43. The van der Waals surface area contributed by atoms with Crippen LogP contribution in [0, 0.1) is 5.92 Å². The van der Waals surface area contributed by atoms with Crippen LogP contribution in [0.1, 0.15) is 53.7 Å². The number of alkyl halides is 1. The van der Waals surface area contributed by atoms with Gasteiger partial charge in [0.05, 0.1) is 24.2 Å². The van der Waals surface area contributed by atoms with Crippen LogP contribution in [0.2, 0.25) is 10.0 Å². The molecule has 3 nitrogen and oxygen atoms in total. The van der Waals surface area contributed by atoms with Crippen LogP contribution in [-0.4, -0.2) is 17.6 Å². The van der Waals surface area contributed by atoms with Gasteiger partial charge >= 0.3 is 5.97 Å². The van der Waals surface area contributed by atoms with Crippen molar-refractivity contribution in [2.45, 2.75) is 44.3 Å². The maximum absolute atomic E-state index is 15.2. The Hall–Kier alpha value is -2.04. The van der Waals surface area contributed by atoms with E-state index in [-0.39, 0.29) is 17.8 Å². The molecule has 5 rings (SSSR count). The highest BCUT2D eigenvalue weighted by atomic mass is 35.5. The number of rotatable bonds is 4. The predicted molar refractivity (Wildman–Crippen MR) is 117 cm³/mol. The molecule has 0 saturated heterocycles. The van der Waals surface area contributed by atoms with Crippen molar-refractivity contribution in [2.24, 2.45) is 5.92 Å². The van der Waals surface area contributed by atoms with Crippen LogP contribution in [0.4, 0.5) is 4.39 Å². The third-order valence-electron chi connectivity index (χ3n) is 6.48. The Morgan fingerprint density at radius 2 is 2.10 bits per heavy atom. The standard InChI is InChI=1S/C24H22Cl2FNO2/c1-30-24(29)19-11-18(19)17-5-2-4-15-16-6-3-7-21(27)23(16)28(22(15)17)12-13-8-9-14(25)10-20(13)26/h2,4-5,8-10,18-19,21H,3,6-7,11-12H2,1H3. The zero-order valence-corrected chi connectivity index (χ0v) is 18.1. The van der Waals surface area contributed by atoms with Gasteiger partial charge in [0.2, 0.25) is 0 Å². The highest BCUT2D eigenvalue weighted by Crippen LogP contribution is 2.52. The van der Waals surface area contributed by atoms with Crippen molar-refractivity contribution in [2.75, 3.05) is 7.11 Å². The number of aryl methyl sites for hydroxylation is 1. The Kier molecular flexibility index (Phi) is 5.03. The van der Waals surface area contributed by atoms with Crippen molar-refractivity contribution >= 4 is 40.1 Å². The number of aromatic nitrogens is 1. The molecule has 2 aliphatic carbocycles. The minimum atomic E-state index is -1.00. The largest absolute Gasteiger partial charge is 0.469 e. The average Bonchev–Trinajstić information content (AvgIpc) is 3.47. The fourth-order valence-corrected chi connectivity index (χ4v) is 5.45. The summed E-state index contributed by atoms with van der Waals surface area (Å²) in [6.45, 7) is 0.467. The molecule has 30 heavy (non-hydrogen) atoms. The lowest BCUT2D eigenvalue weighted by molar-refractivity contribution is -0.142. The molecule has 1 saturated carbocycles. The molecule has 1 fully saturated rings. The summed E-state index contributed by atoms with van der Waals surface area (Å²) in [5.74, 6) is -0.194. The molecule has 0 bridgehead atoms. The topological polar surface area (TPSA) is 31.2 Å². The van der Waals surface area contributed by atoms with E-state index >= 15 is 4.39 Å². The highest BCUT2D eigenvalue weighted by molar-refractivity contribution is 6.35. The molecule has 6 heteroatoms. The van der Waals surface area contributed by atoms with Crippen LogP contribution in [0.15, 0.2) is 36.4 Å². The second kappa shape index (κ2) is 7.58. The van der Waals surface area contributed by atoms with Gasteiger partial charge in [0.15, 0.2) is 0 Å². The number of fused-ring (bicyclic) bond motifs is 3. The minimum absolute atomic E-state index is 0.106. The summed E-state index contributed by atoms with van der Waals surface area (Å²) in [4.78, 5) is 12.1. The first-order chi connectivity index (χ1) is 14.5. The Balaban J connectivity index is 1.69. The van der Waals surface area contributed by atoms with E-state index in [1.54, 1.807) is 6.07 Å². The molecule has 0 radical (unpaired) electrons. The van der Waals surface area contributed by atoms with E-state index < -0.39 is 6.17 Å². The van der Waals surface area contributed by atoms with E-state index in [1.807, 2.05) is 18.2 Å². The van der Waals surface area contributed by atoms with Crippen LogP contribution in [-0.2, 0) is 22.5 Å². The maximum atomic E-state index is 15.2. The fourth-order valence-electron chi connectivity index (χ4n) is 4.98. The molecule has 3 atom stereocenters. The van der Waals surface area contributed by atoms with Crippen molar-refractivity contribution in [3.05, 3.63) is 68.8 Å². The molecular weight excluding hydrogens is 424 g/mol. The number of hydrogen-bond donors (Lipinski definition) is 0. The molecule has 2 aromatic carbocycles. The summed E-state index contributed by atoms with van der Waals surface area (Å²) >= 11 is 12.5. The first-order valence-electron chi connectivity index (χ1n) is 10.3. The van der Waals surface area contributed by atoms with Crippen LogP contribution in [0.5, 0.6) is 0 Å². The highest BCUT2D eigenvalue weighted by Gasteiger charge is 2.46. The van der Waals surface area contributed by atoms with Crippen molar-refractivity contribution < 1.29 is 13.9 Å². The average molecular weight is 446 g/mol. The van der Waals surface area contributed by atoms with Crippen LogP contribution in [0.25, 0.3) is 10.9 Å². The first kappa shape index (κ1) is 19.9. The molecule has 0 spiro atoms. The van der Waals surface area contributed by atoms with Gasteiger partial charge in [0, 0.05) is 27.9 Å². The van der Waals surface area contributed by atoms with E-state index in [2.05, 4.69) is 16.7 Å². The smallest absolute Gasteiger partial charge is 0.309 e. The summed E-state index contributed by atoms with van der Waals surface area (Å²) in [6, 6.07) is 11.6. The van der Waals surface area contributed by atoms with Gasteiger partial charge < -0.3 is 9.30 Å². The number of halogens is 3. The fraction of sp³-hybridized carbons (Fsp3) is 0.375. The SMILES string of the molecule is COC(=O)C1CC1c1cccc2c3c(n(Cc4ccc(Cl)cc4Cl)c12)C(F)CCC3. The van der Waals surface area contributed by atoms with Gasteiger partial charge in [0.1, 0.15) is 6.17 Å². The second-order valence-corrected chi connectivity index (χ2v) is 9.10. The van der Waals surface area contributed by atoms with E-state index in [4.69, 9.17) is 27.9 Å². The second-order valence-electron chi connectivity index (χ2n) is 8.26. The number of carbonyl (C=O) groups excluding carboxylic acids is 1. The number of para-hydroxylation sites is 1. The molecule has 1 aromatic heterocycles. The summed E-state index contributed by atoms with van der Waals surface area (Å²) in [6.07, 6.45) is 2.00. The Morgan fingerprint density at radius 1 is 1.27 bits per heavy atom. The first-order valence-corrected chi connectivity index (χ1v) is 11.0. The van der Waals surface area contributed by atoms with Gasteiger partial charge in [0.25, 0.3) is 0 Å². The molecule has 1 heterocycles. The van der Waals surface area contributed by atoms with Crippen molar-refractivity contribution in [3.63, 3.8) is 0 Å². The van der Waals surface area contributed by atoms with E-state index in [9.17, 15) is 4.79 Å². The van der Waals surface area contributed by atoms with Gasteiger partial charge in [-0.15, -0.1) is 0 Å². The Labute approximate surface area is 184 Å². The van der Waals surface area contributed by atoms with Gasteiger partial charge in [-0.2, -0.15) is 0 Å². The van der Waals surface area contributed by atoms with Crippen LogP contribution >= 0.6 is 23.2 Å². The quantitative estimate of drug-likeness (QED) is 0.422. The Morgan fingerprint density at radius 3 is 2.87 bits per heavy atom. The molecule has 3 unspecified atom stereocenters. The normalized spacial score (nSPS) is 22.7. The lowest BCUT2D eigenvalue weighted by Crippen LogP contribution is -2.13. The van der Waals surface area contributed by atoms with Crippen molar-refractivity contribution in [1.29, 1.82) is 0 Å². The third-order valence-corrected chi connectivity index (χ3v) is 7.07. The van der Waals surface area contributed by atoms with Gasteiger partial charge in [-0.25, -0.2) is 4.39 Å². The van der Waals surface area contributed by atoms with E-state index in [1.165, 1.54) is 7.11 Å². The number of esters is 1. The third kappa shape index (κ3) is 3.21. The number of methoxy groups -OCH3 is 1. The molecule has 3 aromatic rings. The zero-order valence-electron chi connectivity index (χ0n) is 16.6. The zero-order chi connectivity index (χ0) is 21.0. The lowest BCUT2D eigenvalue weighted by Gasteiger charge is -2.20. The molecule has 0 amide bonds. The number of benzene rings is 2. The minimum Gasteiger partial charge on any atom is -0.469 e. The van der Waals surface area contributed by atoms with E-state index in [0.717, 1.165) is 52.5 Å². The maximum Gasteiger partial charge on any atom is 0.309 e. The molecular formula is C24H22Cl2FNO2. The summed E-state index contributed by atoms with van der Waals surface area (Å²) in [5, 5.41) is 2.23. The van der Waals surface area contributed by atoms with Crippen molar-refractivity contribution in [1.82, 2.24) is 4.57 Å². The summed E-state index contributed by atoms with van der Waals surface area (Å²) < 4.78 is 22.2. The number of ether oxygens (including phenoxy) is 1. The van der Waals surface area contributed by atoms with Crippen LogP contribution < -0.4 is 0 Å². The summed E-state index contributed by atoms with van der Waals surface area (Å²) in [5.41, 5.74) is 4.86. The van der Waals surface area contributed by atoms with Crippen LogP contribution in [0.3, 0.4) is 0 Å². The number of hydrogen-bond acceptors (Lipinski definition) is 2. The van der Waals surface area contributed by atoms with Gasteiger partial charge in [-0.1, -0.05) is 47.5 Å². The van der Waals surface area contributed by atoms with Gasteiger partial charge in [-0.3, -0.25) is 4.79 Å². The van der Waals surface area contributed by atoms with Crippen molar-refractivity contribution in [3.8, 4) is 0 Å². The number of carbonyl (C=O) groups is 1. The van der Waals surface area contributed by atoms with E-state index in [0.29, 0.717) is 23.0 Å². The molecule has 156 valence electrons. The molecule has 2 aliphatic rings. The number of nitrogens with zero attached hydrogens (tertiary/aromatic N) is 1.